The van der Waals surface area contributed by atoms with Crippen molar-refractivity contribution in [1.29, 1.82) is 0 Å². The van der Waals surface area contributed by atoms with E-state index < -0.39 is 0 Å². The van der Waals surface area contributed by atoms with Crippen LogP contribution in [0.3, 0.4) is 0 Å². The monoisotopic (exact) mass is 354 g/mol. The zero-order valence-corrected chi connectivity index (χ0v) is 14.8. The standard InChI is InChI=1S/C18H26N2O3.ClH/c19-12-15(13-5-2-1-3-6-13)20-18(21)14-7-8-16-17(11-14)23-10-4-9-22-16;/h7-8,11,13,15H,1-6,9-10,12,19H2,(H,20,21);1H. The van der Waals surface area contributed by atoms with E-state index in [1.165, 1.54) is 19.3 Å². The van der Waals surface area contributed by atoms with Crippen LogP contribution >= 0.6 is 12.4 Å². The van der Waals surface area contributed by atoms with Crippen LogP contribution in [-0.2, 0) is 0 Å². The van der Waals surface area contributed by atoms with Gasteiger partial charge in [-0.2, -0.15) is 0 Å². The Morgan fingerprint density at radius 2 is 1.83 bits per heavy atom. The number of hydrogen-bond donors (Lipinski definition) is 2. The maximum atomic E-state index is 12.6. The summed E-state index contributed by atoms with van der Waals surface area (Å²) in [5.41, 5.74) is 6.50. The molecule has 5 nitrogen and oxygen atoms in total. The lowest BCUT2D eigenvalue weighted by Crippen LogP contribution is -2.45. The van der Waals surface area contributed by atoms with Gasteiger partial charge in [-0.15, -0.1) is 12.4 Å². The molecule has 1 amide bonds. The van der Waals surface area contributed by atoms with Crippen molar-refractivity contribution in [2.75, 3.05) is 19.8 Å². The van der Waals surface area contributed by atoms with Crippen molar-refractivity contribution in [3.05, 3.63) is 23.8 Å². The molecule has 2 aliphatic rings. The van der Waals surface area contributed by atoms with Gasteiger partial charge in [-0.1, -0.05) is 19.3 Å². The van der Waals surface area contributed by atoms with E-state index in [1.54, 1.807) is 12.1 Å². The number of ether oxygens (including phenoxy) is 2. The third-order valence-electron chi connectivity index (χ3n) is 4.80. The first-order chi connectivity index (χ1) is 11.3. The van der Waals surface area contributed by atoms with Crippen molar-refractivity contribution in [2.45, 2.75) is 44.6 Å². The summed E-state index contributed by atoms with van der Waals surface area (Å²) in [6.45, 7) is 1.75. The molecule has 1 aliphatic heterocycles. The van der Waals surface area contributed by atoms with Crippen LogP contribution in [0.5, 0.6) is 11.5 Å². The van der Waals surface area contributed by atoms with Crippen LogP contribution in [-0.4, -0.2) is 31.7 Å². The van der Waals surface area contributed by atoms with E-state index in [1.807, 2.05) is 6.07 Å². The number of nitrogens with one attached hydrogen (secondary N) is 1. The molecule has 1 heterocycles. The van der Waals surface area contributed by atoms with Crippen LogP contribution in [0, 0.1) is 5.92 Å². The fourth-order valence-corrected chi connectivity index (χ4v) is 3.46. The maximum Gasteiger partial charge on any atom is 0.251 e. The molecule has 24 heavy (non-hydrogen) atoms. The van der Waals surface area contributed by atoms with Crippen LogP contribution < -0.4 is 20.5 Å². The minimum absolute atomic E-state index is 0. The van der Waals surface area contributed by atoms with Crippen LogP contribution in [0.2, 0.25) is 0 Å². The molecule has 0 saturated heterocycles. The van der Waals surface area contributed by atoms with Gasteiger partial charge < -0.3 is 20.5 Å². The van der Waals surface area contributed by atoms with E-state index in [-0.39, 0.29) is 24.4 Å². The van der Waals surface area contributed by atoms with Gasteiger partial charge in [0.05, 0.1) is 13.2 Å². The molecule has 1 fully saturated rings. The van der Waals surface area contributed by atoms with Crippen molar-refractivity contribution in [1.82, 2.24) is 5.32 Å². The number of carbonyl (C=O) groups excluding carboxylic acids is 1. The van der Waals surface area contributed by atoms with Crippen LogP contribution in [0.15, 0.2) is 18.2 Å². The second-order valence-corrected chi connectivity index (χ2v) is 6.43. The summed E-state index contributed by atoms with van der Waals surface area (Å²) in [5, 5.41) is 3.11. The van der Waals surface area contributed by atoms with Crippen LogP contribution in [0.1, 0.15) is 48.9 Å². The summed E-state index contributed by atoms with van der Waals surface area (Å²) in [5.74, 6) is 1.78. The largest absolute Gasteiger partial charge is 0.490 e. The molecule has 134 valence electrons. The molecule has 1 aliphatic carbocycles. The Bertz CT molecular complexity index is 547. The lowest BCUT2D eigenvalue weighted by Gasteiger charge is -2.30. The summed E-state index contributed by atoms with van der Waals surface area (Å²) >= 11 is 0. The van der Waals surface area contributed by atoms with Gasteiger partial charge in [0.15, 0.2) is 11.5 Å². The van der Waals surface area contributed by atoms with Gasteiger partial charge in [0.2, 0.25) is 0 Å². The molecule has 3 N–H and O–H groups in total. The van der Waals surface area contributed by atoms with E-state index in [4.69, 9.17) is 15.2 Å². The zero-order valence-electron chi connectivity index (χ0n) is 14.0. The highest BCUT2D eigenvalue weighted by Gasteiger charge is 2.24. The SMILES string of the molecule is Cl.NCC(NC(=O)c1ccc2c(c1)OCCCO2)C1CCCCC1. The Kier molecular flexibility index (Phi) is 7.18. The smallest absolute Gasteiger partial charge is 0.251 e. The van der Waals surface area contributed by atoms with Gasteiger partial charge in [0.1, 0.15) is 0 Å². The number of amides is 1. The van der Waals surface area contributed by atoms with Gasteiger partial charge in [-0.05, 0) is 37.0 Å². The van der Waals surface area contributed by atoms with Crippen molar-refractivity contribution in [3.8, 4) is 11.5 Å². The summed E-state index contributed by atoms with van der Waals surface area (Å²) < 4.78 is 11.3. The molecule has 1 saturated carbocycles. The minimum Gasteiger partial charge on any atom is -0.490 e. The highest BCUT2D eigenvalue weighted by molar-refractivity contribution is 5.95. The summed E-state index contributed by atoms with van der Waals surface area (Å²) in [6, 6.07) is 5.42. The van der Waals surface area contributed by atoms with Crippen molar-refractivity contribution in [3.63, 3.8) is 0 Å². The molecule has 0 bridgehead atoms. The van der Waals surface area contributed by atoms with Crippen molar-refractivity contribution in [2.24, 2.45) is 11.7 Å². The van der Waals surface area contributed by atoms with E-state index in [0.717, 1.165) is 19.3 Å². The lowest BCUT2D eigenvalue weighted by atomic mass is 9.84. The lowest BCUT2D eigenvalue weighted by molar-refractivity contribution is 0.0915. The average molecular weight is 355 g/mol. The topological polar surface area (TPSA) is 73.6 Å². The number of hydrogen-bond acceptors (Lipinski definition) is 4. The number of nitrogens with two attached hydrogens (primary N) is 1. The molecule has 1 aromatic rings. The summed E-state index contributed by atoms with van der Waals surface area (Å²) in [6.07, 6.45) is 6.94. The van der Waals surface area contributed by atoms with Gasteiger partial charge in [0.25, 0.3) is 5.91 Å². The highest BCUT2D eigenvalue weighted by atomic mass is 35.5. The zero-order chi connectivity index (χ0) is 16.1. The molecule has 1 aromatic carbocycles. The summed E-state index contributed by atoms with van der Waals surface area (Å²) in [4.78, 5) is 12.6. The quantitative estimate of drug-likeness (QED) is 0.871. The van der Waals surface area contributed by atoms with Gasteiger partial charge in [-0.3, -0.25) is 4.79 Å². The van der Waals surface area contributed by atoms with Gasteiger partial charge >= 0.3 is 0 Å². The van der Waals surface area contributed by atoms with E-state index in [0.29, 0.717) is 42.7 Å². The Hall–Kier alpha value is -1.46. The normalized spacial score (nSPS) is 18.9. The molecule has 3 rings (SSSR count). The van der Waals surface area contributed by atoms with Gasteiger partial charge in [0, 0.05) is 24.6 Å². The second-order valence-electron chi connectivity index (χ2n) is 6.43. The predicted molar refractivity (Wildman–Crippen MR) is 96.2 cm³/mol. The third kappa shape index (κ3) is 4.54. The van der Waals surface area contributed by atoms with Gasteiger partial charge in [-0.25, -0.2) is 0 Å². The fraction of sp³-hybridized carbons (Fsp3) is 0.611. The van der Waals surface area contributed by atoms with Crippen molar-refractivity contribution >= 4 is 18.3 Å². The van der Waals surface area contributed by atoms with Crippen molar-refractivity contribution < 1.29 is 14.3 Å². The maximum absolute atomic E-state index is 12.6. The first-order valence-corrected chi connectivity index (χ1v) is 8.68. The average Bonchev–Trinajstić information content (AvgIpc) is 2.84. The molecule has 1 unspecified atom stereocenters. The Morgan fingerprint density at radius 3 is 2.54 bits per heavy atom. The highest BCUT2D eigenvalue weighted by Crippen LogP contribution is 2.31. The first kappa shape index (κ1) is 18.9. The molecular formula is C18H27ClN2O3. The minimum atomic E-state index is -0.0818. The molecule has 0 radical (unpaired) electrons. The van der Waals surface area contributed by atoms with E-state index in [2.05, 4.69) is 5.32 Å². The first-order valence-electron chi connectivity index (χ1n) is 8.68. The van der Waals surface area contributed by atoms with Crippen LogP contribution in [0.25, 0.3) is 0 Å². The Morgan fingerprint density at radius 1 is 1.12 bits per heavy atom. The van der Waals surface area contributed by atoms with Crippen LogP contribution in [0.4, 0.5) is 0 Å². The molecular weight excluding hydrogens is 328 g/mol. The molecule has 6 heteroatoms. The fourth-order valence-electron chi connectivity index (χ4n) is 3.46. The number of carbonyl (C=O) groups is 1. The third-order valence-corrected chi connectivity index (χ3v) is 4.80. The number of rotatable bonds is 4. The molecule has 1 atom stereocenters. The summed E-state index contributed by atoms with van der Waals surface area (Å²) in [7, 11) is 0. The molecule has 0 aromatic heterocycles. The Labute approximate surface area is 149 Å². The number of halogens is 1. The molecule has 0 spiro atoms. The van der Waals surface area contributed by atoms with E-state index >= 15 is 0 Å². The number of benzene rings is 1. The predicted octanol–water partition coefficient (Wildman–Crippen LogP) is 2.91. The second kappa shape index (κ2) is 9.14. The van der Waals surface area contributed by atoms with E-state index in [9.17, 15) is 4.79 Å². The Balaban J connectivity index is 0.00000208. The number of fused-ring (bicyclic) bond motifs is 1.